The first-order valence-corrected chi connectivity index (χ1v) is 11.2. The van der Waals surface area contributed by atoms with E-state index in [2.05, 4.69) is 16.0 Å². The number of aryl methyl sites for hydroxylation is 1. The maximum absolute atomic E-state index is 15.0. The number of fused-ring (bicyclic) bond motifs is 1. The molecule has 34 heavy (non-hydrogen) atoms. The van der Waals surface area contributed by atoms with Gasteiger partial charge in [-0.25, -0.2) is 9.37 Å². The summed E-state index contributed by atoms with van der Waals surface area (Å²) in [6.45, 7) is 4.69. The van der Waals surface area contributed by atoms with Crippen molar-refractivity contribution in [3.63, 3.8) is 0 Å². The monoisotopic (exact) mass is 453 g/mol. The lowest BCUT2D eigenvalue weighted by Gasteiger charge is -2.32. The predicted octanol–water partition coefficient (Wildman–Crippen LogP) is 4.38. The van der Waals surface area contributed by atoms with Crippen molar-refractivity contribution in [2.45, 2.75) is 6.92 Å². The molecule has 0 aliphatic carbocycles. The molecule has 6 nitrogen and oxygen atoms in total. The van der Waals surface area contributed by atoms with E-state index in [1.807, 2.05) is 48.8 Å². The number of amides is 1. The number of nitrogens with zero attached hydrogens (tertiary/aromatic N) is 5. The van der Waals surface area contributed by atoms with Gasteiger partial charge < -0.3 is 9.80 Å². The summed E-state index contributed by atoms with van der Waals surface area (Å²) in [7, 11) is 2.02. The van der Waals surface area contributed by atoms with Gasteiger partial charge in [0.05, 0.1) is 29.1 Å². The van der Waals surface area contributed by atoms with Gasteiger partial charge >= 0.3 is 0 Å². The molecule has 1 aliphatic heterocycles. The Morgan fingerprint density at radius 3 is 2.44 bits per heavy atom. The molecule has 0 atom stereocenters. The molecule has 3 heterocycles. The van der Waals surface area contributed by atoms with Crippen LogP contribution in [0.2, 0.25) is 0 Å². The number of aromatic nitrogens is 2. The molecule has 2 aromatic heterocycles. The van der Waals surface area contributed by atoms with Gasteiger partial charge in [-0.2, -0.15) is 5.26 Å². The Bertz CT molecular complexity index is 1440. The van der Waals surface area contributed by atoms with Gasteiger partial charge in [-0.3, -0.25) is 9.20 Å². The molecular weight excluding hydrogens is 429 g/mol. The first-order chi connectivity index (χ1) is 16.4. The van der Waals surface area contributed by atoms with E-state index in [4.69, 9.17) is 0 Å². The topological polar surface area (TPSA) is 64.6 Å². The van der Waals surface area contributed by atoms with Gasteiger partial charge in [-0.05, 0) is 67.1 Å². The Morgan fingerprint density at radius 1 is 1.00 bits per heavy atom. The van der Waals surface area contributed by atoms with Crippen LogP contribution in [0.25, 0.3) is 28.0 Å². The summed E-state index contributed by atoms with van der Waals surface area (Å²) >= 11 is 0. The van der Waals surface area contributed by atoms with Gasteiger partial charge in [-0.15, -0.1) is 0 Å². The van der Waals surface area contributed by atoms with Crippen molar-refractivity contribution in [3.8, 4) is 28.5 Å². The van der Waals surface area contributed by atoms with Crippen LogP contribution in [-0.4, -0.2) is 58.3 Å². The highest BCUT2D eigenvalue weighted by molar-refractivity contribution is 5.95. The molecule has 1 aliphatic rings. The highest BCUT2D eigenvalue weighted by atomic mass is 19.1. The average molecular weight is 454 g/mol. The smallest absolute Gasteiger partial charge is 0.256 e. The van der Waals surface area contributed by atoms with Crippen LogP contribution in [-0.2, 0) is 0 Å². The van der Waals surface area contributed by atoms with Crippen molar-refractivity contribution in [3.05, 3.63) is 83.4 Å². The predicted molar refractivity (Wildman–Crippen MR) is 129 cm³/mol. The van der Waals surface area contributed by atoms with E-state index in [1.54, 1.807) is 29.3 Å². The number of likely N-dealkylation sites (N-methyl/N-ethyl adjacent to an activating group) is 1. The summed E-state index contributed by atoms with van der Waals surface area (Å²) in [5, 5.41) is 9.21. The van der Waals surface area contributed by atoms with E-state index in [0.717, 1.165) is 41.1 Å². The Morgan fingerprint density at radius 2 is 1.74 bits per heavy atom. The van der Waals surface area contributed by atoms with Crippen molar-refractivity contribution < 1.29 is 9.18 Å². The molecule has 170 valence electrons. The van der Waals surface area contributed by atoms with E-state index in [0.29, 0.717) is 24.2 Å². The molecule has 1 fully saturated rings. The SMILES string of the molecule is Cc1cc(-c2cnc3ccc(-c4ccc(C(=O)N5CCN(C)CC5)c(F)c4)cn23)ccc1C#N. The number of piperazine rings is 1. The van der Waals surface area contributed by atoms with Crippen LogP contribution in [0.15, 0.2) is 60.9 Å². The fraction of sp³-hybridized carbons (Fsp3) is 0.222. The molecule has 5 rings (SSSR count). The van der Waals surface area contributed by atoms with Crippen molar-refractivity contribution in [1.29, 1.82) is 5.26 Å². The standard InChI is InChI=1S/C27H24FN5O/c1-18-13-20(3-4-21(18)15-29)25-16-30-26-8-6-22(17-33(25)26)19-5-7-23(24(28)14-19)27(34)32-11-9-31(2)10-12-32/h3-8,13-14,16-17H,9-12H2,1-2H3. The zero-order valence-electron chi connectivity index (χ0n) is 19.1. The highest BCUT2D eigenvalue weighted by Crippen LogP contribution is 2.28. The van der Waals surface area contributed by atoms with E-state index in [1.165, 1.54) is 6.07 Å². The zero-order chi connectivity index (χ0) is 23.8. The second-order valence-electron chi connectivity index (χ2n) is 8.72. The van der Waals surface area contributed by atoms with E-state index in [-0.39, 0.29) is 11.5 Å². The van der Waals surface area contributed by atoms with E-state index >= 15 is 4.39 Å². The number of rotatable bonds is 3. The van der Waals surface area contributed by atoms with Crippen LogP contribution < -0.4 is 0 Å². The third kappa shape index (κ3) is 3.93. The third-order valence-electron chi connectivity index (χ3n) is 6.47. The number of imidazole rings is 1. The van der Waals surface area contributed by atoms with Crippen molar-refractivity contribution >= 4 is 11.6 Å². The number of halogens is 1. The van der Waals surface area contributed by atoms with Crippen LogP contribution in [0.3, 0.4) is 0 Å². The maximum atomic E-state index is 15.0. The summed E-state index contributed by atoms with van der Waals surface area (Å²) < 4.78 is 17.0. The molecule has 7 heteroatoms. The highest BCUT2D eigenvalue weighted by Gasteiger charge is 2.23. The lowest BCUT2D eigenvalue weighted by molar-refractivity contribution is 0.0659. The minimum atomic E-state index is -0.518. The lowest BCUT2D eigenvalue weighted by atomic mass is 10.0. The summed E-state index contributed by atoms with van der Waals surface area (Å²) in [5.41, 5.74) is 5.73. The molecular formula is C27H24FN5O. The number of nitriles is 1. The minimum absolute atomic E-state index is 0.103. The molecule has 0 bridgehead atoms. The first kappa shape index (κ1) is 21.8. The Balaban J connectivity index is 1.47. The van der Waals surface area contributed by atoms with Crippen molar-refractivity contribution in [2.24, 2.45) is 0 Å². The van der Waals surface area contributed by atoms with Crippen molar-refractivity contribution in [1.82, 2.24) is 19.2 Å². The molecule has 1 saturated heterocycles. The van der Waals surface area contributed by atoms with Crippen LogP contribution in [0.4, 0.5) is 4.39 Å². The molecule has 0 saturated carbocycles. The third-order valence-corrected chi connectivity index (χ3v) is 6.47. The number of hydrogen-bond acceptors (Lipinski definition) is 4. The van der Waals surface area contributed by atoms with E-state index in [9.17, 15) is 10.1 Å². The van der Waals surface area contributed by atoms with Gasteiger partial charge in [0.2, 0.25) is 0 Å². The summed E-state index contributed by atoms with van der Waals surface area (Å²) in [6.07, 6.45) is 3.71. The van der Waals surface area contributed by atoms with Crippen LogP contribution >= 0.6 is 0 Å². The normalized spacial score (nSPS) is 14.4. The minimum Gasteiger partial charge on any atom is -0.336 e. The molecule has 4 aromatic rings. The van der Waals surface area contributed by atoms with Gasteiger partial charge in [-0.1, -0.05) is 12.1 Å². The van der Waals surface area contributed by atoms with E-state index < -0.39 is 5.82 Å². The first-order valence-electron chi connectivity index (χ1n) is 11.2. The quantitative estimate of drug-likeness (QED) is 0.462. The number of hydrogen-bond donors (Lipinski definition) is 0. The Hall–Kier alpha value is -4.02. The number of carbonyl (C=O) groups excluding carboxylic acids is 1. The summed E-state index contributed by atoms with van der Waals surface area (Å²) in [4.78, 5) is 21.2. The molecule has 0 radical (unpaired) electrons. The molecule has 1 amide bonds. The van der Waals surface area contributed by atoms with Crippen LogP contribution in [0, 0.1) is 24.1 Å². The fourth-order valence-corrected chi connectivity index (χ4v) is 4.36. The Kier molecular flexibility index (Phi) is 5.60. The van der Waals surface area contributed by atoms with Crippen molar-refractivity contribution in [2.75, 3.05) is 33.2 Å². The van der Waals surface area contributed by atoms with Crippen LogP contribution in [0.1, 0.15) is 21.5 Å². The molecule has 0 spiro atoms. The number of benzene rings is 2. The average Bonchev–Trinajstić information content (AvgIpc) is 3.27. The lowest BCUT2D eigenvalue weighted by Crippen LogP contribution is -2.47. The zero-order valence-corrected chi connectivity index (χ0v) is 19.1. The maximum Gasteiger partial charge on any atom is 0.256 e. The molecule has 0 N–H and O–H groups in total. The van der Waals surface area contributed by atoms with Gasteiger partial charge in [0.15, 0.2) is 0 Å². The number of pyridine rings is 1. The van der Waals surface area contributed by atoms with Gasteiger partial charge in [0.1, 0.15) is 11.5 Å². The summed E-state index contributed by atoms with van der Waals surface area (Å²) in [5.74, 6) is -0.782. The molecule has 0 unspecified atom stereocenters. The van der Waals surface area contributed by atoms with Gasteiger partial charge in [0, 0.05) is 37.9 Å². The largest absolute Gasteiger partial charge is 0.336 e. The van der Waals surface area contributed by atoms with Crippen LogP contribution in [0.5, 0.6) is 0 Å². The molecule has 2 aromatic carbocycles. The number of carbonyl (C=O) groups is 1. The second kappa shape index (κ2) is 8.73. The second-order valence-corrected chi connectivity index (χ2v) is 8.72. The summed E-state index contributed by atoms with van der Waals surface area (Å²) in [6, 6.07) is 16.4. The fourth-order valence-electron chi connectivity index (χ4n) is 4.36. The van der Waals surface area contributed by atoms with Gasteiger partial charge in [0.25, 0.3) is 5.91 Å². The Labute approximate surface area is 197 Å².